The van der Waals surface area contributed by atoms with Gasteiger partial charge in [-0.05, 0) is 60.2 Å². The van der Waals surface area contributed by atoms with Crippen molar-refractivity contribution in [2.75, 3.05) is 27.2 Å². The second kappa shape index (κ2) is 8.63. The lowest BCUT2D eigenvalue weighted by Crippen LogP contribution is -2.49. The van der Waals surface area contributed by atoms with Gasteiger partial charge < -0.3 is 15.0 Å². The molecule has 0 aromatic rings. The van der Waals surface area contributed by atoms with Gasteiger partial charge in [-0.25, -0.2) is 0 Å². The molecule has 20 heavy (non-hydrogen) atoms. The zero-order chi connectivity index (χ0) is 15.0. The Labute approximate surface area is 124 Å². The minimum absolute atomic E-state index is 0.136. The first-order valence-electron chi connectivity index (χ1n) is 8.10. The van der Waals surface area contributed by atoms with Crippen molar-refractivity contribution >= 4 is 5.97 Å². The molecular formula is C16H32N2O2. The van der Waals surface area contributed by atoms with Crippen LogP contribution in [-0.2, 0) is 9.53 Å². The normalized spacial score (nSPS) is 19.9. The summed E-state index contributed by atoms with van der Waals surface area (Å²) in [5.41, 5.74) is -0.552. The molecule has 0 amide bonds. The van der Waals surface area contributed by atoms with E-state index in [4.69, 9.17) is 4.74 Å². The molecule has 0 saturated heterocycles. The quantitative estimate of drug-likeness (QED) is 0.696. The highest BCUT2D eigenvalue weighted by Gasteiger charge is 2.32. The van der Waals surface area contributed by atoms with Gasteiger partial charge in [-0.1, -0.05) is 19.3 Å². The van der Waals surface area contributed by atoms with Gasteiger partial charge in [0.25, 0.3) is 0 Å². The molecule has 1 rings (SSSR count). The lowest BCUT2D eigenvalue weighted by Gasteiger charge is -2.32. The molecule has 0 spiro atoms. The maximum atomic E-state index is 12.0. The highest BCUT2D eigenvalue weighted by molar-refractivity contribution is 5.80. The van der Waals surface area contributed by atoms with Crippen LogP contribution in [0.2, 0.25) is 0 Å². The molecule has 0 bridgehead atoms. The predicted molar refractivity (Wildman–Crippen MR) is 82.8 cm³/mol. The molecule has 1 fully saturated rings. The average molecular weight is 284 g/mol. The summed E-state index contributed by atoms with van der Waals surface area (Å²) in [6.07, 6.45) is 8.63. The largest absolute Gasteiger partial charge is 0.465 e. The third-order valence-corrected chi connectivity index (χ3v) is 4.66. The first-order chi connectivity index (χ1) is 9.53. The Morgan fingerprint density at radius 2 is 2.00 bits per heavy atom. The van der Waals surface area contributed by atoms with Crippen LogP contribution in [0.25, 0.3) is 0 Å². The topological polar surface area (TPSA) is 41.6 Å². The Morgan fingerprint density at radius 3 is 2.55 bits per heavy atom. The number of carbonyl (C=O) groups excluding carboxylic acids is 1. The molecule has 4 nitrogen and oxygen atoms in total. The fourth-order valence-corrected chi connectivity index (χ4v) is 3.01. The fraction of sp³-hybridized carbons (Fsp3) is 0.938. The summed E-state index contributed by atoms with van der Waals surface area (Å²) in [6.45, 7) is 5.29. The van der Waals surface area contributed by atoms with Gasteiger partial charge in [-0.3, -0.25) is 4.79 Å². The zero-order valence-corrected chi connectivity index (χ0v) is 13.7. The minimum Gasteiger partial charge on any atom is -0.465 e. The van der Waals surface area contributed by atoms with Crippen LogP contribution in [0.15, 0.2) is 0 Å². The van der Waals surface area contributed by atoms with Crippen molar-refractivity contribution in [3.05, 3.63) is 0 Å². The third kappa shape index (κ3) is 5.06. The van der Waals surface area contributed by atoms with Gasteiger partial charge in [0, 0.05) is 6.04 Å². The van der Waals surface area contributed by atoms with E-state index in [2.05, 4.69) is 17.3 Å². The van der Waals surface area contributed by atoms with Gasteiger partial charge in [0.2, 0.25) is 0 Å². The van der Waals surface area contributed by atoms with E-state index in [9.17, 15) is 4.79 Å². The van der Waals surface area contributed by atoms with Crippen molar-refractivity contribution in [2.24, 2.45) is 0 Å². The third-order valence-electron chi connectivity index (χ3n) is 4.66. The van der Waals surface area contributed by atoms with Crippen molar-refractivity contribution in [3.8, 4) is 0 Å². The molecule has 0 aromatic carbocycles. The Hall–Kier alpha value is -0.610. The second-order valence-corrected chi connectivity index (χ2v) is 6.18. The molecule has 0 aliphatic heterocycles. The molecule has 0 aromatic heterocycles. The van der Waals surface area contributed by atoms with Crippen molar-refractivity contribution in [1.82, 2.24) is 10.2 Å². The van der Waals surface area contributed by atoms with Crippen molar-refractivity contribution < 1.29 is 9.53 Å². The first kappa shape index (κ1) is 17.4. The van der Waals surface area contributed by atoms with Crippen LogP contribution in [0.3, 0.4) is 0 Å². The van der Waals surface area contributed by atoms with Crippen molar-refractivity contribution in [1.29, 1.82) is 0 Å². The molecule has 4 heteroatoms. The van der Waals surface area contributed by atoms with E-state index in [1.807, 2.05) is 20.9 Å². The Bertz CT molecular complexity index is 290. The average Bonchev–Trinajstić information content (AvgIpc) is 2.48. The Kier molecular flexibility index (Phi) is 7.52. The maximum absolute atomic E-state index is 12.0. The number of nitrogens with zero attached hydrogens (tertiary/aromatic N) is 1. The lowest BCUT2D eigenvalue weighted by molar-refractivity contribution is -0.150. The second-order valence-electron chi connectivity index (χ2n) is 6.18. The molecule has 1 saturated carbocycles. The number of ether oxygens (including phenoxy) is 1. The number of esters is 1. The Balaban J connectivity index is 2.34. The molecule has 1 aliphatic rings. The van der Waals surface area contributed by atoms with Gasteiger partial charge in [-0.15, -0.1) is 0 Å². The molecule has 0 radical (unpaired) electrons. The van der Waals surface area contributed by atoms with Crippen LogP contribution < -0.4 is 5.32 Å². The van der Waals surface area contributed by atoms with Crippen molar-refractivity contribution in [3.63, 3.8) is 0 Å². The molecule has 118 valence electrons. The summed E-state index contributed by atoms with van der Waals surface area (Å²) in [5.74, 6) is -0.136. The number of likely N-dealkylation sites (N-methyl/N-ethyl adjacent to an activating group) is 1. The number of carbonyl (C=O) groups is 1. The zero-order valence-electron chi connectivity index (χ0n) is 13.7. The molecule has 1 N–H and O–H groups in total. The van der Waals surface area contributed by atoms with E-state index in [-0.39, 0.29) is 5.97 Å². The summed E-state index contributed by atoms with van der Waals surface area (Å²) in [4.78, 5) is 14.4. The van der Waals surface area contributed by atoms with Crippen LogP contribution in [0.5, 0.6) is 0 Å². The van der Waals surface area contributed by atoms with Crippen molar-refractivity contribution in [2.45, 2.75) is 70.4 Å². The molecular weight excluding hydrogens is 252 g/mol. The summed E-state index contributed by atoms with van der Waals surface area (Å²) in [6, 6.07) is 0.743. The van der Waals surface area contributed by atoms with Gasteiger partial charge in [0.05, 0.1) is 6.61 Å². The number of rotatable bonds is 8. The highest BCUT2D eigenvalue weighted by Crippen LogP contribution is 2.22. The van der Waals surface area contributed by atoms with E-state index >= 15 is 0 Å². The van der Waals surface area contributed by atoms with Crippen LogP contribution in [0.1, 0.15) is 58.8 Å². The molecule has 1 atom stereocenters. The highest BCUT2D eigenvalue weighted by atomic mass is 16.5. The summed E-state index contributed by atoms with van der Waals surface area (Å²) in [5, 5.41) is 3.12. The predicted octanol–water partition coefficient (Wildman–Crippen LogP) is 2.57. The standard InChI is InChI=1S/C16H32N2O2/c1-5-20-15(19)16(2,17-3)12-9-13-18(4)14-10-7-6-8-11-14/h14,17H,5-13H2,1-4H3. The summed E-state index contributed by atoms with van der Waals surface area (Å²) in [7, 11) is 4.05. The van der Waals surface area contributed by atoms with E-state index in [0.717, 1.165) is 25.4 Å². The number of hydrogen-bond acceptors (Lipinski definition) is 4. The minimum atomic E-state index is -0.552. The summed E-state index contributed by atoms with van der Waals surface area (Å²) < 4.78 is 5.16. The maximum Gasteiger partial charge on any atom is 0.326 e. The first-order valence-corrected chi connectivity index (χ1v) is 8.10. The fourth-order valence-electron chi connectivity index (χ4n) is 3.01. The van der Waals surface area contributed by atoms with Gasteiger partial charge in [0.1, 0.15) is 5.54 Å². The molecule has 1 unspecified atom stereocenters. The van der Waals surface area contributed by atoms with Crippen LogP contribution >= 0.6 is 0 Å². The van der Waals surface area contributed by atoms with Gasteiger partial charge in [-0.2, -0.15) is 0 Å². The van der Waals surface area contributed by atoms with E-state index in [1.165, 1.54) is 32.1 Å². The SMILES string of the molecule is CCOC(=O)C(C)(CCCN(C)C1CCCCC1)NC. The molecule has 1 aliphatic carbocycles. The van der Waals surface area contributed by atoms with Gasteiger partial charge in [0.15, 0.2) is 0 Å². The molecule has 0 heterocycles. The van der Waals surface area contributed by atoms with E-state index in [0.29, 0.717) is 6.61 Å². The lowest BCUT2D eigenvalue weighted by atomic mass is 9.93. The summed E-state index contributed by atoms with van der Waals surface area (Å²) >= 11 is 0. The number of hydrogen-bond donors (Lipinski definition) is 1. The Morgan fingerprint density at radius 1 is 1.35 bits per heavy atom. The number of nitrogens with one attached hydrogen (secondary N) is 1. The van der Waals surface area contributed by atoms with Crippen LogP contribution in [-0.4, -0.2) is 49.7 Å². The van der Waals surface area contributed by atoms with Gasteiger partial charge >= 0.3 is 5.97 Å². The van der Waals surface area contributed by atoms with Crippen LogP contribution in [0.4, 0.5) is 0 Å². The monoisotopic (exact) mass is 284 g/mol. The smallest absolute Gasteiger partial charge is 0.326 e. The van der Waals surface area contributed by atoms with Crippen LogP contribution in [0, 0.1) is 0 Å². The van der Waals surface area contributed by atoms with E-state index in [1.54, 1.807) is 0 Å². The van der Waals surface area contributed by atoms with E-state index < -0.39 is 5.54 Å².